The fourth-order valence-corrected chi connectivity index (χ4v) is 3.70. The summed E-state index contributed by atoms with van der Waals surface area (Å²) in [6.07, 6.45) is 2.82. The van der Waals surface area contributed by atoms with Crippen LogP contribution in [-0.2, 0) is 10.3 Å². The lowest BCUT2D eigenvalue weighted by Gasteiger charge is -2.42. The number of rotatable bonds is 4. The van der Waals surface area contributed by atoms with Gasteiger partial charge in [-0.1, -0.05) is 43.1 Å². The van der Waals surface area contributed by atoms with E-state index in [2.05, 4.69) is 0 Å². The van der Waals surface area contributed by atoms with Crippen LogP contribution in [0.4, 0.5) is 4.79 Å². The second-order valence-corrected chi connectivity index (χ2v) is 6.03. The van der Waals surface area contributed by atoms with Crippen molar-refractivity contribution in [1.82, 2.24) is 0 Å². The van der Waals surface area contributed by atoms with Crippen molar-refractivity contribution in [2.75, 3.05) is 0 Å². The molecule has 0 unspecified atom stereocenters. The quantitative estimate of drug-likeness (QED) is 0.892. The molecule has 0 aliphatic heterocycles. The first-order chi connectivity index (χ1) is 9.99. The first-order valence-corrected chi connectivity index (χ1v) is 7.80. The summed E-state index contributed by atoms with van der Waals surface area (Å²) in [5, 5.41) is 11.8. The van der Waals surface area contributed by atoms with E-state index in [0.717, 1.165) is 25.7 Å². The Labute approximate surface area is 130 Å². The van der Waals surface area contributed by atoms with E-state index in [4.69, 9.17) is 22.1 Å². The second kappa shape index (κ2) is 6.67. The second-order valence-electron chi connectivity index (χ2n) is 5.62. The molecule has 3 atom stereocenters. The Kier molecular flexibility index (Phi) is 5.12. The smallest absolute Gasteiger partial charge is 0.404 e. The average molecular weight is 312 g/mol. The van der Waals surface area contributed by atoms with Crippen LogP contribution in [0.3, 0.4) is 0 Å². The Morgan fingerprint density at radius 1 is 1.43 bits per heavy atom. The van der Waals surface area contributed by atoms with Gasteiger partial charge in [0.25, 0.3) is 0 Å². The van der Waals surface area contributed by atoms with Crippen molar-refractivity contribution in [2.24, 2.45) is 11.7 Å². The molecule has 3 N–H and O–H groups in total. The van der Waals surface area contributed by atoms with Crippen molar-refractivity contribution in [1.29, 1.82) is 0 Å². The number of benzene rings is 1. The van der Waals surface area contributed by atoms with Crippen LogP contribution in [0.2, 0.25) is 5.02 Å². The molecule has 5 heteroatoms. The molecule has 0 heterocycles. The fourth-order valence-electron chi connectivity index (χ4n) is 3.40. The number of halogens is 1. The number of aliphatic hydroxyl groups is 1. The molecule has 2 rings (SSSR count). The first-order valence-electron chi connectivity index (χ1n) is 7.42. The molecule has 1 aromatic rings. The lowest BCUT2D eigenvalue weighted by Crippen LogP contribution is -2.45. The zero-order valence-corrected chi connectivity index (χ0v) is 13.0. The SMILES string of the molecule is CC[C@@](O)(c1ccccc1Cl)[C@@H]1CCCC[C@H]1OC(N)=O. The van der Waals surface area contributed by atoms with E-state index in [1.807, 2.05) is 25.1 Å². The predicted molar refractivity (Wildman–Crippen MR) is 82.1 cm³/mol. The number of amides is 1. The van der Waals surface area contributed by atoms with Gasteiger partial charge in [-0.15, -0.1) is 0 Å². The van der Waals surface area contributed by atoms with Crippen LogP contribution in [0.15, 0.2) is 24.3 Å². The maximum Gasteiger partial charge on any atom is 0.404 e. The van der Waals surface area contributed by atoms with Crippen LogP contribution in [-0.4, -0.2) is 17.3 Å². The molecule has 1 amide bonds. The van der Waals surface area contributed by atoms with Gasteiger partial charge >= 0.3 is 6.09 Å². The highest BCUT2D eigenvalue weighted by Gasteiger charge is 2.45. The lowest BCUT2D eigenvalue weighted by molar-refractivity contribution is -0.0968. The van der Waals surface area contributed by atoms with Crippen LogP contribution in [0.5, 0.6) is 0 Å². The maximum atomic E-state index is 11.3. The van der Waals surface area contributed by atoms with Crippen LogP contribution < -0.4 is 5.73 Å². The summed E-state index contributed by atoms with van der Waals surface area (Å²) in [6, 6.07) is 7.29. The van der Waals surface area contributed by atoms with Gasteiger partial charge < -0.3 is 15.6 Å². The maximum absolute atomic E-state index is 11.3. The van der Waals surface area contributed by atoms with Gasteiger partial charge in [0.15, 0.2) is 0 Å². The minimum Gasteiger partial charge on any atom is -0.446 e. The normalized spacial score (nSPS) is 25.1. The number of primary amides is 1. The third kappa shape index (κ3) is 3.33. The zero-order valence-electron chi connectivity index (χ0n) is 12.2. The van der Waals surface area contributed by atoms with Crippen LogP contribution in [0.1, 0.15) is 44.6 Å². The summed E-state index contributed by atoms with van der Waals surface area (Å²) < 4.78 is 5.25. The van der Waals surface area contributed by atoms with Gasteiger partial charge in [-0.2, -0.15) is 0 Å². The molecule has 1 fully saturated rings. The summed E-state index contributed by atoms with van der Waals surface area (Å²) in [7, 11) is 0. The first kappa shape index (κ1) is 16.1. The van der Waals surface area contributed by atoms with E-state index >= 15 is 0 Å². The highest BCUT2D eigenvalue weighted by Crippen LogP contribution is 2.44. The Bertz CT molecular complexity index is 508. The molecule has 4 nitrogen and oxygen atoms in total. The number of hydrogen-bond donors (Lipinski definition) is 2. The van der Waals surface area contributed by atoms with Gasteiger partial charge in [-0.3, -0.25) is 0 Å². The molecule has 0 radical (unpaired) electrons. The van der Waals surface area contributed by atoms with Gasteiger partial charge in [-0.05, 0) is 31.7 Å². The molecule has 1 saturated carbocycles. The molecule has 0 spiro atoms. The highest BCUT2D eigenvalue weighted by molar-refractivity contribution is 6.31. The Morgan fingerprint density at radius 2 is 2.10 bits per heavy atom. The van der Waals surface area contributed by atoms with Crippen molar-refractivity contribution in [3.8, 4) is 0 Å². The summed E-state index contributed by atoms with van der Waals surface area (Å²) >= 11 is 6.27. The standard InChI is InChI=1S/C16H22ClNO3/c1-2-16(20,11-7-3-5-9-13(11)17)12-8-4-6-10-14(12)21-15(18)19/h3,5,7,9,12,14,20H,2,4,6,8,10H2,1H3,(H2,18,19)/t12-,14-,16-/m1/s1. The topological polar surface area (TPSA) is 72.6 Å². The molecular weight excluding hydrogens is 290 g/mol. The lowest BCUT2D eigenvalue weighted by atomic mass is 9.70. The number of nitrogens with two attached hydrogens (primary N) is 1. The van der Waals surface area contributed by atoms with Crippen LogP contribution in [0.25, 0.3) is 0 Å². The van der Waals surface area contributed by atoms with E-state index in [-0.39, 0.29) is 12.0 Å². The van der Waals surface area contributed by atoms with Crippen molar-refractivity contribution in [2.45, 2.75) is 50.7 Å². The summed E-state index contributed by atoms with van der Waals surface area (Å²) in [6.45, 7) is 1.92. The largest absolute Gasteiger partial charge is 0.446 e. The van der Waals surface area contributed by atoms with Crippen LogP contribution in [0, 0.1) is 5.92 Å². The van der Waals surface area contributed by atoms with Crippen molar-refractivity contribution in [3.05, 3.63) is 34.9 Å². The molecule has 0 saturated heterocycles. The average Bonchev–Trinajstić information content (AvgIpc) is 2.47. The van der Waals surface area contributed by atoms with Gasteiger partial charge in [0.2, 0.25) is 0 Å². The predicted octanol–water partition coefficient (Wildman–Crippen LogP) is 3.59. The third-order valence-corrected chi connectivity index (χ3v) is 4.79. The van der Waals surface area contributed by atoms with Crippen LogP contribution >= 0.6 is 11.6 Å². The molecule has 0 aromatic heterocycles. The Morgan fingerprint density at radius 3 is 2.71 bits per heavy atom. The van der Waals surface area contributed by atoms with Crippen molar-refractivity contribution >= 4 is 17.7 Å². The van der Waals surface area contributed by atoms with Gasteiger partial charge in [0, 0.05) is 16.5 Å². The van der Waals surface area contributed by atoms with Gasteiger partial charge in [0.1, 0.15) is 6.10 Å². The van der Waals surface area contributed by atoms with Gasteiger partial charge in [-0.25, -0.2) is 4.79 Å². The highest BCUT2D eigenvalue weighted by atomic mass is 35.5. The summed E-state index contributed by atoms with van der Waals surface area (Å²) in [5.74, 6) is -0.191. The molecule has 21 heavy (non-hydrogen) atoms. The summed E-state index contributed by atoms with van der Waals surface area (Å²) in [4.78, 5) is 11.1. The van der Waals surface area contributed by atoms with Gasteiger partial charge in [0.05, 0.1) is 5.60 Å². The van der Waals surface area contributed by atoms with E-state index in [0.29, 0.717) is 17.0 Å². The van der Waals surface area contributed by atoms with E-state index in [1.54, 1.807) is 6.07 Å². The Hall–Kier alpha value is -1.26. The molecular formula is C16H22ClNO3. The molecule has 0 bridgehead atoms. The molecule has 1 aromatic carbocycles. The molecule has 116 valence electrons. The Balaban J connectivity index is 2.37. The summed E-state index contributed by atoms with van der Waals surface area (Å²) in [5.41, 5.74) is 4.75. The number of ether oxygens (including phenoxy) is 1. The third-order valence-electron chi connectivity index (χ3n) is 4.46. The minimum atomic E-state index is -1.11. The molecule has 1 aliphatic carbocycles. The number of carbonyl (C=O) groups excluding carboxylic acids is 1. The zero-order chi connectivity index (χ0) is 15.5. The minimum absolute atomic E-state index is 0.191. The number of hydrogen-bond acceptors (Lipinski definition) is 3. The van der Waals surface area contributed by atoms with Crippen molar-refractivity contribution < 1.29 is 14.6 Å². The fraction of sp³-hybridized carbons (Fsp3) is 0.562. The van der Waals surface area contributed by atoms with E-state index < -0.39 is 11.7 Å². The number of carbonyl (C=O) groups is 1. The molecule has 1 aliphatic rings. The monoisotopic (exact) mass is 311 g/mol. The van der Waals surface area contributed by atoms with E-state index in [9.17, 15) is 9.90 Å². The van der Waals surface area contributed by atoms with Crippen molar-refractivity contribution in [3.63, 3.8) is 0 Å². The van der Waals surface area contributed by atoms with E-state index in [1.165, 1.54) is 0 Å².